The Kier molecular flexibility index (Phi) is 11.5. The molecular weight excluding hydrogens is 216 g/mol. The van der Waals surface area contributed by atoms with Gasteiger partial charge in [0.15, 0.2) is 0 Å². The molecule has 0 aliphatic carbocycles. The maximum Gasteiger partial charge on any atom is 0.0518 e. The Morgan fingerprint density at radius 1 is 0.938 bits per heavy atom. The minimum absolute atomic E-state index is 0.267. The van der Waals surface area contributed by atoms with Crippen LogP contribution in [0.1, 0.15) is 78.6 Å². The third kappa shape index (κ3) is 9.27. The van der Waals surface area contributed by atoms with Crippen molar-refractivity contribution in [2.24, 2.45) is 0 Å². The maximum atomic E-state index is 6.34. The third-order valence-corrected chi connectivity index (χ3v) is 3.30. The van der Waals surface area contributed by atoms with E-state index < -0.39 is 0 Å². The molecule has 96 valence electrons. The van der Waals surface area contributed by atoms with Gasteiger partial charge in [-0.15, -0.1) is 11.6 Å². The standard InChI is InChI=1S/C15H29Cl/c1-4-7-10-14(11-8-5-2)13-15(16)12-9-6-3/h13,15H,4-12H2,1-3H3. The molecule has 0 aromatic carbocycles. The van der Waals surface area contributed by atoms with E-state index in [2.05, 4.69) is 26.8 Å². The molecule has 16 heavy (non-hydrogen) atoms. The second-order valence-corrected chi connectivity index (χ2v) is 5.25. The Bertz CT molecular complexity index is 162. The first-order valence-corrected chi connectivity index (χ1v) is 7.51. The Balaban J connectivity index is 4.06. The number of unbranched alkanes of at least 4 members (excludes halogenated alkanes) is 3. The van der Waals surface area contributed by atoms with E-state index in [1.807, 2.05) is 0 Å². The van der Waals surface area contributed by atoms with Crippen molar-refractivity contribution in [3.8, 4) is 0 Å². The molecule has 0 rings (SSSR count). The maximum absolute atomic E-state index is 6.34. The van der Waals surface area contributed by atoms with Crippen LogP contribution < -0.4 is 0 Å². The summed E-state index contributed by atoms with van der Waals surface area (Å²) in [6.45, 7) is 6.74. The van der Waals surface area contributed by atoms with E-state index in [-0.39, 0.29) is 5.38 Å². The van der Waals surface area contributed by atoms with Crippen LogP contribution in [0.15, 0.2) is 11.6 Å². The molecule has 0 amide bonds. The van der Waals surface area contributed by atoms with Gasteiger partial charge in [-0.05, 0) is 32.1 Å². The first-order chi connectivity index (χ1) is 7.74. The summed E-state index contributed by atoms with van der Waals surface area (Å²) in [7, 11) is 0. The van der Waals surface area contributed by atoms with Crippen LogP contribution in [-0.2, 0) is 0 Å². The highest BCUT2D eigenvalue weighted by molar-refractivity contribution is 6.21. The fraction of sp³-hybridized carbons (Fsp3) is 0.867. The molecule has 0 aromatic rings. The van der Waals surface area contributed by atoms with Crippen LogP contribution in [0.25, 0.3) is 0 Å². The van der Waals surface area contributed by atoms with Crippen molar-refractivity contribution >= 4 is 11.6 Å². The lowest BCUT2D eigenvalue weighted by Crippen LogP contribution is -1.97. The molecule has 0 aromatic heterocycles. The van der Waals surface area contributed by atoms with Gasteiger partial charge in [-0.25, -0.2) is 0 Å². The second kappa shape index (κ2) is 11.5. The summed E-state index contributed by atoms with van der Waals surface area (Å²) < 4.78 is 0. The largest absolute Gasteiger partial charge is 0.118 e. The van der Waals surface area contributed by atoms with Crippen LogP contribution in [0.3, 0.4) is 0 Å². The fourth-order valence-electron chi connectivity index (χ4n) is 1.84. The first kappa shape index (κ1) is 16.0. The zero-order chi connectivity index (χ0) is 12.2. The summed E-state index contributed by atoms with van der Waals surface area (Å²) in [6.07, 6.45) is 13.7. The van der Waals surface area contributed by atoms with E-state index in [1.165, 1.54) is 51.4 Å². The summed E-state index contributed by atoms with van der Waals surface area (Å²) in [5, 5.41) is 0.267. The summed E-state index contributed by atoms with van der Waals surface area (Å²) in [6, 6.07) is 0. The molecule has 0 aliphatic heterocycles. The van der Waals surface area contributed by atoms with Gasteiger partial charge in [0.1, 0.15) is 0 Å². The van der Waals surface area contributed by atoms with Crippen molar-refractivity contribution in [1.82, 2.24) is 0 Å². The van der Waals surface area contributed by atoms with Crippen LogP contribution in [0.4, 0.5) is 0 Å². The number of halogens is 1. The van der Waals surface area contributed by atoms with E-state index >= 15 is 0 Å². The summed E-state index contributed by atoms with van der Waals surface area (Å²) >= 11 is 6.34. The van der Waals surface area contributed by atoms with E-state index in [0.717, 1.165) is 6.42 Å². The Morgan fingerprint density at radius 3 is 1.88 bits per heavy atom. The number of alkyl halides is 1. The van der Waals surface area contributed by atoms with Gasteiger partial charge in [0, 0.05) is 0 Å². The minimum Gasteiger partial charge on any atom is -0.118 e. The average Bonchev–Trinajstić information content (AvgIpc) is 2.30. The Labute approximate surface area is 107 Å². The SMILES string of the molecule is CCCCC(=CC(Cl)CCCC)CCCC. The lowest BCUT2D eigenvalue weighted by molar-refractivity contribution is 0.693. The van der Waals surface area contributed by atoms with Gasteiger partial charge in [0.2, 0.25) is 0 Å². The highest BCUT2D eigenvalue weighted by Gasteiger charge is 2.03. The highest BCUT2D eigenvalue weighted by atomic mass is 35.5. The van der Waals surface area contributed by atoms with Crippen LogP contribution >= 0.6 is 11.6 Å². The lowest BCUT2D eigenvalue weighted by Gasteiger charge is -2.10. The van der Waals surface area contributed by atoms with Crippen LogP contribution in [0.2, 0.25) is 0 Å². The van der Waals surface area contributed by atoms with Gasteiger partial charge < -0.3 is 0 Å². The first-order valence-electron chi connectivity index (χ1n) is 7.08. The molecule has 0 saturated heterocycles. The monoisotopic (exact) mass is 244 g/mol. The molecule has 0 bridgehead atoms. The van der Waals surface area contributed by atoms with Crippen molar-refractivity contribution < 1.29 is 0 Å². The van der Waals surface area contributed by atoms with E-state index in [9.17, 15) is 0 Å². The summed E-state index contributed by atoms with van der Waals surface area (Å²) in [5.74, 6) is 0. The second-order valence-electron chi connectivity index (χ2n) is 4.69. The zero-order valence-corrected chi connectivity index (χ0v) is 12.2. The van der Waals surface area contributed by atoms with E-state index in [1.54, 1.807) is 5.57 Å². The smallest absolute Gasteiger partial charge is 0.0518 e. The third-order valence-electron chi connectivity index (χ3n) is 2.95. The van der Waals surface area contributed by atoms with Crippen LogP contribution in [0.5, 0.6) is 0 Å². The molecule has 0 fully saturated rings. The molecule has 1 atom stereocenters. The number of rotatable bonds is 10. The van der Waals surface area contributed by atoms with Gasteiger partial charge in [-0.2, -0.15) is 0 Å². The van der Waals surface area contributed by atoms with E-state index in [0.29, 0.717) is 0 Å². The number of hydrogen-bond donors (Lipinski definition) is 0. The van der Waals surface area contributed by atoms with Crippen LogP contribution in [-0.4, -0.2) is 5.38 Å². The molecule has 0 saturated carbocycles. The molecule has 1 unspecified atom stereocenters. The van der Waals surface area contributed by atoms with Gasteiger partial charge in [0.25, 0.3) is 0 Å². The van der Waals surface area contributed by atoms with Crippen molar-refractivity contribution in [3.63, 3.8) is 0 Å². The number of allylic oxidation sites excluding steroid dienone is 2. The van der Waals surface area contributed by atoms with E-state index in [4.69, 9.17) is 11.6 Å². The fourth-order valence-corrected chi connectivity index (χ4v) is 2.17. The van der Waals surface area contributed by atoms with Gasteiger partial charge >= 0.3 is 0 Å². The summed E-state index contributed by atoms with van der Waals surface area (Å²) in [5.41, 5.74) is 1.60. The van der Waals surface area contributed by atoms with Gasteiger partial charge in [-0.3, -0.25) is 0 Å². The molecule has 0 radical (unpaired) electrons. The minimum atomic E-state index is 0.267. The quantitative estimate of drug-likeness (QED) is 0.322. The normalized spacial score (nSPS) is 12.5. The Morgan fingerprint density at radius 2 is 1.44 bits per heavy atom. The Hall–Kier alpha value is 0.0300. The molecule has 0 nitrogen and oxygen atoms in total. The lowest BCUT2D eigenvalue weighted by atomic mass is 10.0. The highest BCUT2D eigenvalue weighted by Crippen LogP contribution is 2.19. The molecule has 0 spiro atoms. The zero-order valence-electron chi connectivity index (χ0n) is 11.4. The molecule has 0 aliphatic rings. The molecule has 0 N–H and O–H groups in total. The molecular formula is C15H29Cl. The van der Waals surface area contributed by atoms with Crippen molar-refractivity contribution in [2.45, 2.75) is 83.9 Å². The van der Waals surface area contributed by atoms with Crippen molar-refractivity contribution in [2.75, 3.05) is 0 Å². The number of hydrogen-bond acceptors (Lipinski definition) is 0. The van der Waals surface area contributed by atoms with Crippen molar-refractivity contribution in [1.29, 1.82) is 0 Å². The van der Waals surface area contributed by atoms with Crippen molar-refractivity contribution in [3.05, 3.63) is 11.6 Å². The predicted octanol–water partition coefficient (Wildman–Crippen LogP) is 6.09. The van der Waals surface area contributed by atoms with Gasteiger partial charge in [-0.1, -0.05) is 58.1 Å². The summed E-state index contributed by atoms with van der Waals surface area (Å²) in [4.78, 5) is 0. The topological polar surface area (TPSA) is 0 Å². The van der Waals surface area contributed by atoms with Gasteiger partial charge in [0.05, 0.1) is 5.38 Å². The predicted molar refractivity (Wildman–Crippen MR) is 76.3 cm³/mol. The van der Waals surface area contributed by atoms with Crippen LogP contribution in [0, 0.1) is 0 Å². The molecule has 1 heteroatoms. The average molecular weight is 245 g/mol. The molecule has 0 heterocycles.